The molecular weight excluding hydrogens is 665 g/mol. The smallest absolute Gasteiger partial charge is 0.145 e. The summed E-state index contributed by atoms with van der Waals surface area (Å²) in [4.78, 5) is 5.14. The van der Waals surface area contributed by atoms with E-state index in [1.54, 1.807) is 0 Å². The predicted octanol–water partition coefficient (Wildman–Crippen LogP) is 14.3. The zero-order chi connectivity index (χ0) is 36.3. The molecule has 1 aromatic heterocycles. The van der Waals surface area contributed by atoms with E-state index in [1.807, 2.05) is 0 Å². The molecule has 0 saturated heterocycles. The summed E-state index contributed by atoms with van der Waals surface area (Å²) in [5.74, 6) is 0.930. The number of fused-ring (bicyclic) bond motifs is 5. The van der Waals surface area contributed by atoms with Crippen molar-refractivity contribution in [2.45, 2.75) is 0 Å². The summed E-state index contributed by atoms with van der Waals surface area (Å²) in [7, 11) is 0. The standard InChI is InChI=1S/C53H34N2/c1-2-17-45(18-3-1)55-51-21-11-10-20-50(51)54-53(55)38-26-22-37(23-27-38)44-33-47(42-28-24-35-12-4-6-14-39(35)30-42)48-32-41-16-8-9-19-46(41)52(49(48)34-44)43-29-25-36-13-5-7-15-40(36)31-43/h1-34H. The van der Waals surface area contributed by atoms with Gasteiger partial charge in [-0.15, -0.1) is 0 Å². The zero-order valence-corrected chi connectivity index (χ0v) is 30.0. The molecule has 2 heteroatoms. The van der Waals surface area contributed by atoms with Crippen LogP contribution in [0.15, 0.2) is 206 Å². The van der Waals surface area contributed by atoms with Gasteiger partial charge in [0.05, 0.1) is 11.0 Å². The zero-order valence-electron chi connectivity index (χ0n) is 30.0. The van der Waals surface area contributed by atoms with Crippen molar-refractivity contribution in [3.05, 3.63) is 206 Å². The Balaban J connectivity index is 1.15. The maximum absolute atomic E-state index is 5.14. The second-order valence-corrected chi connectivity index (χ2v) is 14.4. The van der Waals surface area contributed by atoms with E-state index >= 15 is 0 Å². The van der Waals surface area contributed by atoms with Gasteiger partial charge in [-0.3, -0.25) is 4.57 Å². The van der Waals surface area contributed by atoms with Gasteiger partial charge in [0, 0.05) is 11.3 Å². The highest BCUT2D eigenvalue weighted by Crippen LogP contribution is 2.44. The maximum Gasteiger partial charge on any atom is 0.145 e. The van der Waals surface area contributed by atoms with Crippen LogP contribution in [0.3, 0.4) is 0 Å². The molecule has 2 nitrogen and oxygen atoms in total. The SMILES string of the molecule is c1ccc(-n2c(-c3ccc(-c4cc(-c5ccc6ccccc6c5)c5cc6ccccc6c(-c6ccc7ccccc7c6)c5c4)cc3)nc3ccccc32)cc1. The van der Waals surface area contributed by atoms with Crippen molar-refractivity contribution in [1.82, 2.24) is 9.55 Å². The molecule has 0 amide bonds. The first kappa shape index (κ1) is 31.3. The molecule has 0 saturated carbocycles. The van der Waals surface area contributed by atoms with Crippen molar-refractivity contribution in [2.24, 2.45) is 0 Å². The Labute approximate surface area is 319 Å². The van der Waals surface area contributed by atoms with Gasteiger partial charge in [0.15, 0.2) is 0 Å². The molecule has 0 aliphatic rings. The normalized spacial score (nSPS) is 11.6. The van der Waals surface area contributed by atoms with Crippen LogP contribution in [-0.2, 0) is 0 Å². The van der Waals surface area contributed by atoms with Crippen LogP contribution in [0.4, 0.5) is 0 Å². The van der Waals surface area contributed by atoms with E-state index in [1.165, 1.54) is 70.9 Å². The van der Waals surface area contributed by atoms with Crippen LogP contribution in [0, 0.1) is 0 Å². The molecule has 11 aromatic rings. The van der Waals surface area contributed by atoms with Gasteiger partial charge in [-0.05, 0) is 131 Å². The highest BCUT2D eigenvalue weighted by Gasteiger charge is 2.18. The summed E-state index contributed by atoms with van der Waals surface area (Å²) < 4.78 is 2.26. The third kappa shape index (κ3) is 5.30. The van der Waals surface area contributed by atoms with Crippen LogP contribution in [-0.4, -0.2) is 9.55 Å². The number of para-hydroxylation sites is 3. The largest absolute Gasteiger partial charge is 0.292 e. The van der Waals surface area contributed by atoms with Gasteiger partial charge in [0.1, 0.15) is 5.82 Å². The van der Waals surface area contributed by atoms with Crippen molar-refractivity contribution < 1.29 is 0 Å². The molecule has 0 spiro atoms. The number of imidazole rings is 1. The highest BCUT2D eigenvalue weighted by molar-refractivity contribution is 6.18. The quantitative estimate of drug-likeness (QED) is 0.164. The lowest BCUT2D eigenvalue weighted by atomic mass is 9.85. The maximum atomic E-state index is 5.14. The summed E-state index contributed by atoms with van der Waals surface area (Å²) >= 11 is 0. The first-order valence-electron chi connectivity index (χ1n) is 18.9. The van der Waals surface area contributed by atoms with E-state index in [9.17, 15) is 0 Å². The van der Waals surface area contributed by atoms with Gasteiger partial charge < -0.3 is 0 Å². The average molecular weight is 699 g/mol. The molecule has 10 aromatic carbocycles. The van der Waals surface area contributed by atoms with Crippen molar-refractivity contribution in [2.75, 3.05) is 0 Å². The monoisotopic (exact) mass is 698 g/mol. The number of aromatic nitrogens is 2. The second-order valence-electron chi connectivity index (χ2n) is 14.4. The molecule has 0 bridgehead atoms. The Morgan fingerprint density at radius 1 is 0.327 bits per heavy atom. The van der Waals surface area contributed by atoms with Gasteiger partial charge in [-0.25, -0.2) is 4.98 Å². The summed E-state index contributed by atoms with van der Waals surface area (Å²) in [6.45, 7) is 0. The van der Waals surface area contributed by atoms with Gasteiger partial charge in [0.25, 0.3) is 0 Å². The molecule has 256 valence electrons. The lowest BCUT2D eigenvalue weighted by Crippen LogP contribution is -1.97. The minimum atomic E-state index is 0.930. The average Bonchev–Trinajstić information content (AvgIpc) is 3.65. The second kappa shape index (κ2) is 12.7. The molecule has 11 rings (SSSR count). The van der Waals surface area contributed by atoms with E-state index in [2.05, 4.69) is 211 Å². The molecule has 0 fully saturated rings. The fourth-order valence-corrected chi connectivity index (χ4v) is 8.45. The van der Waals surface area contributed by atoms with E-state index in [4.69, 9.17) is 4.98 Å². The fourth-order valence-electron chi connectivity index (χ4n) is 8.45. The van der Waals surface area contributed by atoms with Gasteiger partial charge >= 0.3 is 0 Å². The molecular formula is C53H34N2. The van der Waals surface area contributed by atoms with E-state index < -0.39 is 0 Å². The predicted molar refractivity (Wildman–Crippen MR) is 233 cm³/mol. The van der Waals surface area contributed by atoms with Crippen LogP contribution in [0.1, 0.15) is 0 Å². The third-order valence-electron chi connectivity index (χ3n) is 11.1. The van der Waals surface area contributed by atoms with Crippen LogP contribution in [0.25, 0.3) is 105 Å². The number of benzene rings is 10. The minimum absolute atomic E-state index is 0.930. The molecule has 55 heavy (non-hydrogen) atoms. The highest BCUT2D eigenvalue weighted by atomic mass is 15.1. The molecule has 1 heterocycles. The number of hydrogen-bond acceptors (Lipinski definition) is 1. The first-order chi connectivity index (χ1) is 27.2. The molecule has 0 unspecified atom stereocenters. The summed E-state index contributed by atoms with van der Waals surface area (Å²) in [6, 6.07) is 74.9. The van der Waals surface area contributed by atoms with E-state index in [0.29, 0.717) is 0 Å². The van der Waals surface area contributed by atoms with Crippen molar-refractivity contribution in [3.8, 4) is 50.5 Å². The third-order valence-corrected chi connectivity index (χ3v) is 11.1. The molecule has 0 radical (unpaired) electrons. The number of nitrogens with zero attached hydrogens (tertiary/aromatic N) is 2. The topological polar surface area (TPSA) is 17.8 Å². The van der Waals surface area contributed by atoms with Crippen LogP contribution >= 0.6 is 0 Å². The Hall–Kier alpha value is -7.29. The lowest BCUT2D eigenvalue weighted by molar-refractivity contribution is 1.10. The van der Waals surface area contributed by atoms with Crippen LogP contribution in [0.2, 0.25) is 0 Å². The van der Waals surface area contributed by atoms with Gasteiger partial charge in [-0.2, -0.15) is 0 Å². The van der Waals surface area contributed by atoms with E-state index in [-0.39, 0.29) is 0 Å². The molecule has 0 aliphatic carbocycles. The molecule has 0 atom stereocenters. The fraction of sp³-hybridized carbons (Fsp3) is 0. The Kier molecular flexibility index (Phi) is 7.21. The number of hydrogen-bond donors (Lipinski definition) is 0. The van der Waals surface area contributed by atoms with E-state index in [0.717, 1.165) is 33.7 Å². The lowest BCUT2D eigenvalue weighted by Gasteiger charge is -2.18. The first-order valence-corrected chi connectivity index (χ1v) is 18.9. The molecule has 0 aliphatic heterocycles. The van der Waals surface area contributed by atoms with Crippen LogP contribution < -0.4 is 0 Å². The van der Waals surface area contributed by atoms with Gasteiger partial charge in [-0.1, -0.05) is 152 Å². The Bertz CT molecular complexity index is 3240. The minimum Gasteiger partial charge on any atom is -0.292 e. The van der Waals surface area contributed by atoms with Gasteiger partial charge in [0.2, 0.25) is 0 Å². The van der Waals surface area contributed by atoms with Crippen molar-refractivity contribution in [1.29, 1.82) is 0 Å². The molecule has 0 N–H and O–H groups in total. The number of rotatable bonds is 5. The van der Waals surface area contributed by atoms with Crippen LogP contribution in [0.5, 0.6) is 0 Å². The summed E-state index contributed by atoms with van der Waals surface area (Å²) in [6.07, 6.45) is 0. The van der Waals surface area contributed by atoms with Crippen molar-refractivity contribution >= 4 is 54.1 Å². The summed E-state index contributed by atoms with van der Waals surface area (Å²) in [5, 5.41) is 9.93. The Morgan fingerprint density at radius 3 is 1.67 bits per heavy atom. The Morgan fingerprint density at radius 2 is 0.909 bits per heavy atom. The van der Waals surface area contributed by atoms with Crippen molar-refractivity contribution in [3.63, 3.8) is 0 Å². The summed E-state index contributed by atoms with van der Waals surface area (Å²) in [5.41, 5.74) is 11.5.